The highest BCUT2D eigenvalue weighted by molar-refractivity contribution is 9.09. The molecule has 0 aliphatic carbocycles. The molecule has 148 valence electrons. The van der Waals surface area contributed by atoms with Gasteiger partial charge in [-0.2, -0.15) is 10.2 Å². The smallest absolute Gasteiger partial charge is 0.124 e. The van der Waals surface area contributed by atoms with Crippen LogP contribution >= 0.6 is 15.9 Å². The average Bonchev–Trinajstić information content (AvgIpc) is 3.15. The van der Waals surface area contributed by atoms with Crippen molar-refractivity contribution in [2.45, 2.75) is 26.3 Å². The van der Waals surface area contributed by atoms with Gasteiger partial charge >= 0.3 is 0 Å². The van der Waals surface area contributed by atoms with Gasteiger partial charge in [0.1, 0.15) is 11.4 Å². The van der Waals surface area contributed by atoms with E-state index in [-0.39, 0.29) is 0 Å². The maximum absolute atomic E-state index is 5.63. The van der Waals surface area contributed by atoms with E-state index in [9.17, 15) is 0 Å². The van der Waals surface area contributed by atoms with Crippen molar-refractivity contribution in [2.24, 2.45) is 10.2 Å². The van der Waals surface area contributed by atoms with E-state index in [2.05, 4.69) is 38.2 Å². The van der Waals surface area contributed by atoms with E-state index in [0.717, 1.165) is 36.2 Å². The van der Waals surface area contributed by atoms with Gasteiger partial charge in [0.05, 0.1) is 57.7 Å². The predicted molar refractivity (Wildman–Crippen MR) is 109 cm³/mol. The molecule has 7 nitrogen and oxygen atoms in total. The van der Waals surface area contributed by atoms with Gasteiger partial charge in [0.2, 0.25) is 0 Å². The zero-order valence-corrected chi connectivity index (χ0v) is 17.3. The van der Waals surface area contributed by atoms with Crippen molar-refractivity contribution in [2.75, 3.05) is 38.4 Å². The van der Waals surface area contributed by atoms with Gasteiger partial charge in [0.25, 0.3) is 0 Å². The van der Waals surface area contributed by atoms with Crippen LogP contribution in [-0.4, -0.2) is 48.1 Å². The van der Waals surface area contributed by atoms with Gasteiger partial charge in [-0.05, 0) is 30.7 Å². The minimum absolute atomic E-state index is 0.579. The third-order valence-electron chi connectivity index (χ3n) is 3.56. The van der Waals surface area contributed by atoms with Crippen molar-refractivity contribution in [3.05, 3.63) is 36.7 Å². The Hall–Kier alpha value is -1.77. The number of hydrogen-bond acceptors (Lipinski definition) is 6. The van der Waals surface area contributed by atoms with E-state index in [1.807, 2.05) is 30.5 Å². The lowest BCUT2D eigenvalue weighted by molar-refractivity contribution is 0.0499. The molecular weight excluding hydrogens is 412 g/mol. The van der Waals surface area contributed by atoms with Crippen LogP contribution in [0.4, 0.5) is 11.4 Å². The molecule has 0 N–H and O–H groups in total. The third-order valence-corrected chi connectivity index (χ3v) is 3.89. The number of hydrogen-bond donors (Lipinski definition) is 0. The van der Waals surface area contributed by atoms with Crippen LogP contribution in [0.5, 0.6) is 5.75 Å². The number of ether oxygens (including phenoxy) is 3. The minimum Gasteiger partial charge on any atom is -0.494 e. The van der Waals surface area contributed by atoms with Crippen LogP contribution in [-0.2, 0) is 16.0 Å². The van der Waals surface area contributed by atoms with Gasteiger partial charge in [0.15, 0.2) is 0 Å². The van der Waals surface area contributed by atoms with Gasteiger partial charge in [-0.15, -0.1) is 5.11 Å². The predicted octanol–water partition coefficient (Wildman–Crippen LogP) is 4.91. The Labute approximate surface area is 168 Å². The van der Waals surface area contributed by atoms with Gasteiger partial charge in [-0.25, -0.2) is 0 Å². The van der Waals surface area contributed by atoms with Crippen LogP contribution in [0.1, 0.15) is 19.8 Å². The molecule has 0 atom stereocenters. The van der Waals surface area contributed by atoms with Crippen LogP contribution in [0, 0.1) is 0 Å². The van der Waals surface area contributed by atoms with E-state index >= 15 is 0 Å². The van der Waals surface area contributed by atoms with Gasteiger partial charge in [-0.1, -0.05) is 29.3 Å². The number of unbranched alkanes of at least 4 members (excludes halogenated alkanes) is 1. The molecule has 2 rings (SSSR count). The molecule has 0 unspecified atom stereocenters. The molecule has 0 saturated carbocycles. The lowest BCUT2D eigenvalue weighted by Gasteiger charge is -2.04. The number of aromatic nitrogens is 2. The molecule has 0 radical (unpaired) electrons. The number of alkyl halides is 1. The largest absolute Gasteiger partial charge is 0.494 e. The first-order chi connectivity index (χ1) is 13.3. The molecule has 2 aromatic rings. The molecule has 0 amide bonds. The quantitative estimate of drug-likeness (QED) is 0.238. The molecule has 0 fully saturated rings. The Morgan fingerprint density at radius 2 is 1.70 bits per heavy atom. The van der Waals surface area contributed by atoms with E-state index < -0.39 is 0 Å². The first-order valence-electron chi connectivity index (χ1n) is 9.20. The standard InChI is InChI=1S/C19H27BrN4O3/c1-2-3-10-27-19-6-4-17(5-7-19)22-23-18-15-21-24(16-18)9-12-26-14-13-25-11-8-20/h4-7,15-16H,2-3,8-14H2,1H3. The molecule has 8 heteroatoms. The van der Waals surface area contributed by atoms with Gasteiger partial charge < -0.3 is 14.2 Å². The lowest BCUT2D eigenvalue weighted by atomic mass is 10.3. The Kier molecular flexibility index (Phi) is 10.7. The lowest BCUT2D eigenvalue weighted by Crippen LogP contribution is -2.10. The highest BCUT2D eigenvalue weighted by Gasteiger charge is 1.99. The summed E-state index contributed by atoms with van der Waals surface area (Å²) in [7, 11) is 0. The monoisotopic (exact) mass is 438 g/mol. The molecule has 27 heavy (non-hydrogen) atoms. The first-order valence-corrected chi connectivity index (χ1v) is 10.3. The molecular formula is C19H27BrN4O3. The zero-order valence-electron chi connectivity index (χ0n) is 15.7. The highest BCUT2D eigenvalue weighted by Crippen LogP contribution is 2.21. The number of benzene rings is 1. The molecule has 1 heterocycles. The normalized spacial score (nSPS) is 11.3. The molecule has 0 aliphatic rings. The summed E-state index contributed by atoms with van der Waals surface area (Å²) in [6.45, 7) is 6.01. The number of azo groups is 1. The van der Waals surface area contributed by atoms with Crippen LogP contribution in [0.2, 0.25) is 0 Å². The second kappa shape index (κ2) is 13.4. The molecule has 0 bridgehead atoms. The summed E-state index contributed by atoms with van der Waals surface area (Å²) in [4.78, 5) is 0. The van der Waals surface area contributed by atoms with Crippen molar-refractivity contribution in [3.8, 4) is 5.75 Å². The summed E-state index contributed by atoms with van der Waals surface area (Å²) >= 11 is 3.31. The van der Waals surface area contributed by atoms with E-state index in [4.69, 9.17) is 14.2 Å². The van der Waals surface area contributed by atoms with E-state index in [1.54, 1.807) is 10.9 Å². The molecule has 0 spiro atoms. The second-order valence-corrected chi connectivity index (χ2v) is 6.56. The third kappa shape index (κ3) is 9.12. The molecule has 0 aliphatic heterocycles. The summed E-state index contributed by atoms with van der Waals surface area (Å²) in [5.41, 5.74) is 1.48. The van der Waals surface area contributed by atoms with Crippen molar-refractivity contribution in [1.29, 1.82) is 0 Å². The fraction of sp³-hybridized carbons (Fsp3) is 0.526. The topological polar surface area (TPSA) is 70.2 Å². The first kappa shape index (κ1) is 21.5. The minimum atomic E-state index is 0.579. The van der Waals surface area contributed by atoms with Crippen LogP contribution in [0.3, 0.4) is 0 Å². The SMILES string of the molecule is CCCCOc1ccc(N=Nc2cnn(CCOCCOCCBr)c2)cc1. The van der Waals surface area contributed by atoms with Gasteiger partial charge in [0, 0.05) is 5.33 Å². The van der Waals surface area contributed by atoms with Crippen LogP contribution in [0.15, 0.2) is 46.9 Å². The Morgan fingerprint density at radius 1 is 0.963 bits per heavy atom. The van der Waals surface area contributed by atoms with Crippen molar-refractivity contribution >= 4 is 27.3 Å². The zero-order chi connectivity index (χ0) is 19.2. The maximum Gasteiger partial charge on any atom is 0.124 e. The number of nitrogens with zero attached hydrogens (tertiary/aromatic N) is 4. The fourth-order valence-corrected chi connectivity index (χ4v) is 2.35. The van der Waals surface area contributed by atoms with Gasteiger partial charge in [-0.3, -0.25) is 4.68 Å². The number of halogens is 1. The summed E-state index contributed by atoms with van der Waals surface area (Å²) in [6.07, 6.45) is 5.71. The average molecular weight is 439 g/mol. The summed E-state index contributed by atoms with van der Waals surface area (Å²) in [6, 6.07) is 7.60. The highest BCUT2D eigenvalue weighted by atomic mass is 79.9. The Bertz CT molecular complexity index is 661. The number of rotatable bonds is 14. The fourth-order valence-electron chi connectivity index (χ4n) is 2.12. The summed E-state index contributed by atoms with van der Waals surface area (Å²) in [5.74, 6) is 0.854. The second-order valence-electron chi connectivity index (χ2n) is 5.77. The van der Waals surface area contributed by atoms with Crippen molar-refractivity contribution in [3.63, 3.8) is 0 Å². The maximum atomic E-state index is 5.63. The summed E-state index contributed by atoms with van der Waals surface area (Å²) in [5, 5.41) is 13.5. The van der Waals surface area contributed by atoms with Crippen molar-refractivity contribution < 1.29 is 14.2 Å². The molecule has 1 aromatic carbocycles. The molecule has 0 saturated heterocycles. The van der Waals surface area contributed by atoms with Crippen LogP contribution < -0.4 is 4.74 Å². The van der Waals surface area contributed by atoms with E-state index in [1.165, 1.54) is 0 Å². The van der Waals surface area contributed by atoms with E-state index in [0.29, 0.717) is 38.7 Å². The molecule has 1 aromatic heterocycles. The van der Waals surface area contributed by atoms with Crippen molar-refractivity contribution in [1.82, 2.24) is 9.78 Å². The Balaban J connectivity index is 1.70. The van der Waals surface area contributed by atoms with Crippen LogP contribution in [0.25, 0.3) is 0 Å². The Morgan fingerprint density at radius 3 is 2.44 bits per heavy atom. The summed E-state index contributed by atoms with van der Waals surface area (Å²) < 4.78 is 18.2.